The fraction of sp³-hybridized carbons (Fsp3) is 0.400. The number of benzene rings is 1. The number of rotatable bonds is 7. The van der Waals surface area contributed by atoms with Crippen LogP contribution in [0.25, 0.3) is 6.08 Å². The maximum atomic E-state index is 11.5. The molecule has 1 aromatic rings. The summed E-state index contributed by atoms with van der Waals surface area (Å²) in [6.45, 7) is 2.86. The first-order valence-corrected chi connectivity index (χ1v) is 6.34. The summed E-state index contributed by atoms with van der Waals surface area (Å²) >= 11 is 0. The predicted octanol–water partition coefficient (Wildman–Crippen LogP) is 2.22. The van der Waals surface area contributed by atoms with Crippen LogP contribution in [0.1, 0.15) is 25.3 Å². The largest absolute Gasteiger partial charge is 0.396 e. The SMILES string of the molecule is CC(CO)CCCNC(=O)/C=C/c1ccccc1. The van der Waals surface area contributed by atoms with E-state index in [2.05, 4.69) is 5.32 Å². The van der Waals surface area contributed by atoms with E-state index < -0.39 is 0 Å². The van der Waals surface area contributed by atoms with Crippen molar-refractivity contribution in [3.63, 3.8) is 0 Å². The molecule has 0 spiro atoms. The Labute approximate surface area is 109 Å². The van der Waals surface area contributed by atoms with Gasteiger partial charge in [0.25, 0.3) is 0 Å². The molecule has 1 unspecified atom stereocenters. The first-order chi connectivity index (χ1) is 8.72. The van der Waals surface area contributed by atoms with E-state index in [9.17, 15) is 4.79 Å². The van der Waals surface area contributed by atoms with Gasteiger partial charge >= 0.3 is 0 Å². The molecule has 0 aromatic heterocycles. The van der Waals surface area contributed by atoms with Gasteiger partial charge in [0.05, 0.1) is 0 Å². The molecule has 1 atom stereocenters. The number of carbonyl (C=O) groups excluding carboxylic acids is 1. The van der Waals surface area contributed by atoms with Crippen LogP contribution in [-0.4, -0.2) is 24.2 Å². The molecule has 0 fully saturated rings. The Morgan fingerprint density at radius 2 is 2.11 bits per heavy atom. The average Bonchev–Trinajstić information content (AvgIpc) is 2.42. The molecule has 3 heteroatoms. The number of hydrogen-bond donors (Lipinski definition) is 2. The average molecular weight is 247 g/mol. The van der Waals surface area contributed by atoms with Crippen LogP contribution in [0.3, 0.4) is 0 Å². The fourth-order valence-electron chi connectivity index (χ4n) is 1.55. The van der Waals surface area contributed by atoms with Gasteiger partial charge in [0.2, 0.25) is 5.91 Å². The zero-order valence-electron chi connectivity index (χ0n) is 10.8. The number of nitrogens with one attached hydrogen (secondary N) is 1. The van der Waals surface area contributed by atoms with E-state index >= 15 is 0 Å². The lowest BCUT2D eigenvalue weighted by atomic mass is 10.1. The number of carbonyl (C=O) groups is 1. The molecule has 0 saturated carbocycles. The van der Waals surface area contributed by atoms with Gasteiger partial charge in [0, 0.05) is 19.2 Å². The second-order valence-electron chi connectivity index (χ2n) is 4.47. The fourth-order valence-corrected chi connectivity index (χ4v) is 1.55. The highest BCUT2D eigenvalue weighted by Gasteiger charge is 2.00. The number of aliphatic hydroxyl groups is 1. The molecule has 1 amide bonds. The smallest absolute Gasteiger partial charge is 0.243 e. The van der Waals surface area contributed by atoms with Crippen LogP contribution >= 0.6 is 0 Å². The first kappa shape index (κ1) is 14.5. The lowest BCUT2D eigenvalue weighted by Crippen LogP contribution is -2.22. The third kappa shape index (κ3) is 6.21. The van der Waals surface area contributed by atoms with E-state index in [1.165, 1.54) is 0 Å². The Kier molecular flexibility index (Phi) is 6.81. The maximum Gasteiger partial charge on any atom is 0.243 e. The van der Waals surface area contributed by atoms with E-state index in [0.29, 0.717) is 12.5 Å². The number of hydrogen-bond acceptors (Lipinski definition) is 2. The summed E-state index contributed by atoms with van der Waals surface area (Å²) < 4.78 is 0. The standard InChI is InChI=1S/C15H21NO2/c1-13(12-17)6-5-11-16-15(18)10-9-14-7-3-2-4-8-14/h2-4,7-10,13,17H,5-6,11-12H2,1H3,(H,16,18)/b10-9+. The summed E-state index contributed by atoms with van der Waals surface area (Å²) in [5.74, 6) is 0.234. The normalized spacial score (nSPS) is 12.6. The summed E-state index contributed by atoms with van der Waals surface area (Å²) in [6.07, 6.45) is 5.17. The zero-order chi connectivity index (χ0) is 13.2. The molecule has 0 heterocycles. The van der Waals surface area contributed by atoms with Crippen LogP contribution in [0.2, 0.25) is 0 Å². The van der Waals surface area contributed by atoms with Crippen molar-refractivity contribution in [2.24, 2.45) is 5.92 Å². The van der Waals surface area contributed by atoms with Gasteiger partial charge in [0.15, 0.2) is 0 Å². The van der Waals surface area contributed by atoms with E-state index in [1.54, 1.807) is 12.2 Å². The molecular weight excluding hydrogens is 226 g/mol. The minimum Gasteiger partial charge on any atom is -0.396 e. The Hall–Kier alpha value is -1.61. The molecule has 0 saturated heterocycles. The summed E-state index contributed by atoms with van der Waals surface area (Å²) in [5, 5.41) is 11.7. The van der Waals surface area contributed by atoms with Gasteiger partial charge in [0.1, 0.15) is 0 Å². The minimum atomic E-state index is -0.0736. The number of aliphatic hydroxyl groups excluding tert-OH is 1. The predicted molar refractivity (Wildman–Crippen MR) is 74.0 cm³/mol. The van der Waals surface area contributed by atoms with Crippen molar-refractivity contribution >= 4 is 12.0 Å². The molecule has 0 aliphatic heterocycles. The summed E-state index contributed by atoms with van der Waals surface area (Å²) in [7, 11) is 0. The van der Waals surface area contributed by atoms with Gasteiger partial charge in [-0.25, -0.2) is 0 Å². The second kappa shape index (κ2) is 8.48. The molecule has 98 valence electrons. The van der Waals surface area contributed by atoms with Crippen molar-refractivity contribution in [1.29, 1.82) is 0 Å². The van der Waals surface area contributed by atoms with Crippen LogP contribution in [0.5, 0.6) is 0 Å². The van der Waals surface area contributed by atoms with Gasteiger partial charge in [-0.05, 0) is 30.4 Å². The summed E-state index contributed by atoms with van der Waals surface area (Å²) in [6, 6.07) is 9.72. The molecule has 3 nitrogen and oxygen atoms in total. The van der Waals surface area contributed by atoms with Crippen molar-refractivity contribution in [3.8, 4) is 0 Å². The highest BCUT2D eigenvalue weighted by molar-refractivity contribution is 5.91. The summed E-state index contributed by atoms with van der Waals surface area (Å²) in [4.78, 5) is 11.5. The van der Waals surface area contributed by atoms with Gasteiger partial charge in [-0.3, -0.25) is 4.79 Å². The van der Waals surface area contributed by atoms with Crippen molar-refractivity contribution in [2.75, 3.05) is 13.2 Å². The van der Waals surface area contributed by atoms with Crippen LogP contribution in [0.15, 0.2) is 36.4 Å². The Morgan fingerprint density at radius 3 is 2.78 bits per heavy atom. The molecule has 1 rings (SSSR count). The lowest BCUT2D eigenvalue weighted by Gasteiger charge is -2.07. The summed E-state index contributed by atoms with van der Waals surface area (Å²) in [5.41, 5.74) is 1.02. The highest BCUT2D eigenvalue weighted by atomic mass is 16.3. The third-order valence-electron chi connectivity index (χ3n) is 2.71. The van der Waals surface area contributed by atoms with Crippen LogP contribution in [-0.2, 0) is 4.79 Å². The van der Waals surface area contributed by atoms with Crippen molar-refractivity contribution in [2.45, 2.75) is 19.8 Å². The molecule has 0 radical (unpaired) electrons. The molecule has 0 bridgehead atoms. The van der Waals surface area contributed by atoms with Crippen LogP contribution < -0.4 is 5.32 Å². The lowest BCUT2D eigenvalue weighted by molar-refractivity contribution is -0.116. The number of amides is 1. The van der Waals surface area contributed by atoms with E-state index in [1.807, 2.05) is 37.3 Å². The molecular formula is C15H21NO2. The topological polar surface area (TPSA) is 49.3 Å². The highest BCUT2D eigenvalue weighted by Crippen LogP contribution is 2.03. The second-order valence-corrected chi connectivity index (χ2v) is 4.47. The van der Waals surface area contributed by atoms with Crippen LogP contribution in [0.4, 0.5) is 0 Å². The molecule has 1 aromatic carbocycles. The third-order valence-corrected chi connectivity index (χ3v) is 2.71. The van der Waals surface area contributed by atoms with E-state index in [4.69, 9.17) is 5.11 Å². The maximum absolute atomic E-state index is 11.5. The zero-order valence-corrected chi connectivity index (χ0v) is 10.8. The first-order valence-electron chi connectivity index (χ1n) is 6.34. The monoisotopic (exact) mass is 247 g/mol. The van der Waals surface area contributed by atoms with Gasteiger partial charge in [-0.1, -0.05) is 37.3 Å². The Morgan fingerprint density at radius 1 is 1.39 bits per heavy atom. The molecule has 0 aliphatic carbocycles. The van der Waals surface area contributed by atoms with E-state index in [0.717, 1.165) is 18.4 Å². The van der Waals surface area contributed by atoms with Gasteiger partial charge in [-0.2, -0.15) is 0 Å². The molecule has 18 heavy (non-hydrogen) atoms. The quantitative estimate of drug-likeness (QED) is 0.573. The Balaban J connectivity index is 2.20. The van der Waals surface area contributed by atoms with Crippen LogP contribution in [0, 0.1) is 5.92 Å². The molecule has 2 N–H and O–H groups in total. The Bertz CT molecular complexity index is 373. The van der Waals surface area contributed by atoms with E-state index in [-0.39, 0.29) is 12.5 Å². The van der Waals surface area contributed by atoms with Gasteiger partial charge in [-0.15, -0.1) is 0 Å². The molecule has 0 aliphatic rings. The minimum absolute atomic E-state index is 0.0736. The van der Waals surface area contributed by atoms with Crippen molar-refractivity contribution in [1.82, 2.24) is 5.32 Å². The van der Waals surface area contributed by atoms with Crippen molar-refractivity contribution in [3.05, 3.63) is 42.0 Å². The van der Waals surface area contributed by atoms with Crippen molar-refractivity contribution < 1.29 is 9.90 Å². The van der Waals surface area contributed by atoms with Gasteiger partial charge < -0.3 is 10.4 Å².